The van der Waals surface area contributed by atoms with Crippen LogP contribution in [0, 0.1) is 0 Å². The minimum atomic E-state index is -0.409. The molecule has 0 radical (unpaired) electrons. The van der Waals surface area contributed by atoms with Crippen LogP contribution in [0.1, 0.15) is 33.4 Å². The van der Waals surface area contributed by atoms with Gasteiger partial charge in [0.05, 0.1) is 5.41 Å². The smallest absolute Gasteiger partial charge is 0.0622 e. The third-order valence-electron chi connectivity index (χ3n) is 8.36. The van der Waals surface area contributed by atoms with Crippen LogP contribution in [0.4, 0.5) is 0 Å². The van der Waals surface area contributed by atoms with Crippen molar-refractivity contribution in [2.45, 2.75) is 18.3 Å². The van der Waals surface area contributed by atoms with Crippen molar-refractivity contribution < 1.29 is 0 Å². The first kappa shape index (κ1) is 23.4. The molecule has 0 nitrogen and oxygen atoms in total. The lowest BCUT2D eigenvalue weighted by Crippen LogP contribution is -2.32. The number of benzene rings is 6. The van der Waals surface area contributed by atoms with Crippen molar-refractivity contribution in [3.05, 3.63) is 191 Å². The Morgan fingerprint density at radius 1 is 0.308 bits per heavy atom. The zero-order chi connectivity index (χ0) is 26.1. The predicted octanol–water partition coefficient (Wildman–Crippen LogP) is 9.50. The molecular weight excluding hydrogens is 468 g/mol. The topological polar surface area (TPSA) is 0 Å². The highest BCUT2D eigenvalue weighted by Crippen LogP contribution is 2.49. The first-order valence-electron chi connectivity index (χ1n) is 13.8. The molecule has 0 heteroatoms. The highest BCUT2D eigenvalue weighted by molar-refractivity contribution is 5.70. The second-order valence-corrected chi connectivity index (χ2v) is 10.5. The van der Waals surface area contributed by atoms with Gasteiger partial charge in [-0.25, -0.2) is 0 Å². The van der Waals surface area contributed by atoms with Crippen LogP contribution in [0.15, 0.2) is 158 Å². The van der Waals surface area contributed by atoms with Gasteiger partial charge in [0, 0.05) is 0 Å². The molecule has 1 aliphatic rings. The maximum atomic E-state index is 2.35. The van der Waals surface area contributed by atoms with Gasteiger partial charge in [-0.3, -0.25) is 0 Å². The summed E-state index contributed by atoms with van der Waals surface area (Å²) in [6.45, 7) is 0. The van der Waals surface area contributed by atoms with Gasteiger partial charge in [0.25, 0.3) is 0 Å². The van der Waals surface area contributed by atoms with Gasteiger partial charge in [-0.2, -0.15) is 0 Å². The highest BCUT2D eigenvalue weighted by atomic mass is 14.4. The summed E-state index contributed by atoms with van der Waals surface area (Å²) in [6, 6.07) is 58.1. The minimum Gasteiger partial charge on any atom is -0.0622 e. The van der Waals surface area contributed by atoms with Crippen molar-refractivity contribution in [3.8, 4) is 22.3 Å². The fourth-order valence-electron chi connectivity index (χ4n) is 6.50. The third kappa shape index (κ3) is 4.01. The zero-order valence-corrected chi connectivity index (χ0v) is 21.9. The number of aryl methyl sites for hydroxylation is 2. The lowest BCUT2D eigenvalue weighted by Gasteiger charge is -2.38. The van der Waals surface area contributed by atoms with Gasteiger partial charge in [-0.05, 0) is 68.5 Å². The number of fused-ring (bicyclic) bond motifs is 2. The van der Waals surface area contributed by atoms with Crippen molar-refractivity contribution in [1.29, 1.82) is 0 Å². The van der Waals surface area contributed by atoms with E-state index in [1.807, 2.05) is 0 Å². The Hall–Kier alpha value is -4.68. The molecule has 39 heavy (non-hydrogen) atoms. The highest BCUT2D eigenvalue weighted by Gasteiger charge is 2.42. The minimum absolute atomic E-state index is 0.409. The van der Waals surface area contributed by atoms with Crippen LogP contribution < -0.4 is 0 Å². The Morgan fingerprint density at radius 2 is 0.641 bits per heavy atom. The molecule has 0 aliphatic heterocycles. The molecule has 0 saturated carbocycles. The molecule has 6 aromatic carbocycles. The largest absolute Gasteiger partial charge is 0.0706 e. The van der Waals surface area contributed by atoms with E-state index in [4.69, 9.17) is 0 Å². The van der Waals surface area contributed by atoms with Crippen molar-refractivity contribution >= 4 is 0 Å². The van der Waals surface area contributed by atoms with Crippen LogP contribution in [0.3, 0.4) is 0 Å². The van der Waals surface area contributed by atoms with Crippen LogP contribution in [-0.2, 0) is 18.3 Å². The Labute approximate surface area is 231 Å². The van der Waals surface area contributed by atoms with Crippen LogP contribution in [0.25, 0.3) is 22.3 Å². The van der Waals surface area contributed by atoms with Gasteiger partial charge >= 0.3 is 0 Å². The predicted molar refractivity (Wildman–Crippen MR) is 163 cm³/mol. The first-order chi connectivity index (χ1) is 19.3. The summed E-state index contributed by atoms with van der Waals surface area (Å²) in [7, 11) is 0. The molecule has 0 fully saturated rings. The maximum Gasteiger partial charge on any atom is 0.0706 e. The van der Waals surface area contributed by atoms with Crippen LogP contribution in [0.2, 0.25) is 0 Å². The van der Waals surface area contributed by atoms with Gasteiger partial charge < -0.3 is 0 Å². The van der Waals surface area contributed by atoms with E-state index in [1.165, 1.54) is 55.6 Å². The molecular formula is C39H30. The van der Waals surface area contributed by atoms with Crippen molar-refractivity contribution in [2.24, 2.45) is 0 Å². The summed E-state index contributed by atoms with van der Waals surface area (Å²) in [5.41, 5.74) is 12.8. The monoisotopic (exact) mass is 498 g/mol. The summed E-state index contributed by atoms with van der Waals surface area (Å²) in [6.07, 6.45) is 2.08. The average Bonchev–Trinajstić information content (AvgIpc) is 3.17. The van der Waals surface area contributed by atoms with Gasteiger partial charge in [0.2, 0.25) is 0 Å². The van der Waals surface area contributed by atoms with E-state index < -0.39 is 5.41 Å². The SMILES string of the molecule is c1ccc(-c2ccc(C3(c4ccc(-c5ccccc5)cc4)c4ccccc4CCc4ccccc43)cc2)cc1. The van der Waals surface area contributed by atoms with E-state index in [1.54, 1.807) is 0 Å². The fourth-order valence-corrected chi connectivity index (χ4v) is 6.50. The fraction of sp³-hybridized carbons (Fsp3) is 0.0769. The number of hydrogen-bond acceptors (Lipinski definition) is 0. The summed E-state index contributed by atoms with van der Waals surface area (Å²) in [5, 5.41) is 0. The molecule has 0 bridgehead atoms. The van der Waals surface area contributed by atoms with E-state index in [0.29, 0.717) is 0 Å². The summed E-state index contributed by atoms with van der Waals surface area (Å²) in [5.74, 6) is 0. The number of hydrogen-bond donors (Lipinski definition) is 0. The lowest BCUT2D eigenvalue weighted by atomic mass is 9.63. The lowest BCUT2D eigenvalue weighted by molar-refractivity contribution is 0.739. The molecule has 0 aromatic heterocycles. The Balaban J connectivity index is 1.50. The molecule has 1 aliphatic carbocycles. The summed E-state index contributed by atoms with van der Waals surface area (Å²) < 4.78 is 0. The van der Waals surface area contributed by atoms with E-state index in [9.17, 15) is 0 Å². The number of rotatable bonds is 4. The van der Waals surface area contributed by atoms with Crippen LogP contribution in [-0.4, -0.2) is 0 Å². The Morgan fingerprint density at radius 3 is 1.05 bits per heavy atom. The van der Waals surface area contributed by atoms with Crippen molar-refractivity contribution in [2.75, 3.05) is 0 Å². The van der Waals surface area contributed by atoms with E-state index in [-0.39, 0.29) is 0 Å². The normalized spacial score (nSPS) is 13.6. The van der Waals surface area contributed by atoms with E-state index >= 15 is 0 Å². The van der Waals surface area contributed by atoms with Gasteiger partial charge in [0.15, 0.2) is 0 Å². The third-order valence-corrected chi connectivity index (χ3v) is 8.36. The molecule has 0 atom stereocenters. The van der Waals surface area contributed by atoms with Gasteiger partial charge in [-0.1, -0.05) is 158 Å². The first-order valence-corrected chi connectivity index (χ1v) is 13.8. The van der Waals surface area contributed by atoms with Crippen molar-refractivity contribution in [3.63, 3.8) is 0 Å². The maximum absolute atomic E-state index is 2.35. The van der Waals surface area contributed by atoms with Crippen LogP contribution >= 0.6 is 0 Å². The molecule has 186 valence electrons. The second-order valence-electron chi connectivity index (χ2n) is 10.5. The molecule has 7 rings (SSSR count). The molecule has 0 unspecified atom stereocenters. The van der Waals surface area contributed by atoms with Crippen LogP contribution in [0.5, 0.6) is 0 Å². The second kappa shape index (κ2) is 9.89. The standard InChI is InChI=1S/C39H30/c1-3-11-29(12-4-1)31-21-25-35(26-22-31)39(36-27-23-32(24-28-36)30-13-5-2-6-14-30)37-17-9-7-15-33(37)19-20-34-16-8-10-18-38(34)39/h1-18,21-28H,19-20H2. The molecule has 0 N–H and O–H groups in total. The molecule has 6 aromatic rings. The van der Waals surface area contributed by atoms with Crippen molar-refractivity contribution in [1.82, 2.24) is 0 Å². The van der Waals surface area contributed by atoms with Gasteiger partial charge in [0.1, 0.15) is 0 Å². The quantitative estimate of drug-likeness (QED) is 0.227. The molecule has 0 heterocycles. The Bertz CT molecular complexity index is 1580. The Kier molecular flexibility index (Phi) is 5.94. The summed E-state index contributed by atoms with van der Waals surface area (Å²) in [4.78, 5) is 0. The van der Waals surface area contributed by atoms with Gasteiger partial charge in [-0.15, -0.1) is 0 Å². The zero-order valence-electron chi connectivity index (χ0n) is 21.9. The molecule has 0 amide bonds. The van der Waals surface area contributed by atoms with E-state index in [0.717, 1.165) is 12.8 Å². The molecule has 0 spiro atoms. The van der Waals surface area contributed by atoms with E-state index in [2.05, 4.69) is 158 Å². The average molecular weight is 499 g/mol. The summed E-state index contributed by atoms with van der Waals surface area (Å²) >= 11 is 0. The molecule has 0 saturated heterocycles.